The lowest BCUT2D eigenvalue weighted by atomic mass is 9.95. The number of aromatic nitrogens is 2. The molecule has 0 radical (unpaired) electrons. The summed E-state index contributed by atoms with van der Waals surface area (Å²) < 4.78 is 50.1. The van der Waals surface area contributed by atoms with Crippen LogP contribution in [0.1, 0.15) is 23.2 Å². The first-order chi connectivity index (χ1) is 15.7. The van der Waals surface area contributed by atoms with Gasteiger partial charge >= 0.3 is 5.97 Å². The van der Waals surface area contributed by atoms with Gasteiger partial charge in [-0.1, -0.05) is 0 Å². The molecule has 2 aliphatic heterocycles. The quantitative estimate of drug-likeness (QED) is 0.617. The molecule has 1 aromatic carbocycles. The number of anilines is 1. The first kappa shape index (κ1) is 21.4. The molecule has 0 saturated carbocycles. The van der Waals surface area contributed by atoms with Crippen LogP contribution in [0.5, 0.6) is 0 Å². The Kier molecular flexibility index (Phi) is 4.91. The van der Waals surface area contributed by atoms with Crippen molar-refractivity contribution in [2.75, 3.05) is 24.6 Å². The van der Waals surface area contributed by atoms with E-state index in [2.05, 4.69) is 4.98 Å². The fourth-order valence-corrected chi connectivity index (χ4v) is 4.65. The van der Waals surface area contributed by atoms with E-state index < -0.39 is 40.0 Å². The van der Waals surface area contributed by atoms with E-state index in [0.717, 1.165) is 35.4 Å². The van der Waals surface area contributed by atoms with Gasteiger partial charge in [0.15, 0.2) is 17.3 Å². The minimum absolute atomic E-state index is 0.121. The molecule has 8 nitrogen and oxygen atoms in total. The second kappa shape index (κ2) is 7.56. The average Bonchev–Trinajstić information content (AvgIpc) is 3.36. The van der Waals surface area contributed by atoms with Crippen LogP contribution in [0, 0.1) is 17.5 Å². The largest absolute Gasteiger partial charge is 0.477 e. The number of carbonyl (C=O) groups is 1. The van der Waals surface area contributed by atoms with Gasteiger partial charge in [0.05, 0.1) is 23.7 Å². The molecule has 1 spiro atoms. The third-order valence-corrected chi connectivity index (χ3v) is 6.30. The van der Waals surface area contributed by atoms with Crippen molar-refractivity contribution in [2.45, 2.75) is 24.5 Å². The standard InChI is InChI=1S/C22H19F3N4O4/c23-11-2-3-16(14(24)6-11)29-8-13(21(31)32)18(30)12-7-15(25)20(27-19(12)29)28-9-17(26)22(10-28)4-1-5-33-22/h2-3,6-8,17H,1,4-5,9-10,26H2,(H,31,32)/t17-,22-/m1/s1. The van der Waals surface area contributed by atoms with Gasteiger partial charge < -0.3 is 20.5 Å². The van der Waals surface area contributed by atoms with E-state index in [4.69, 9.17) is 10.5 Å². The summed E-state index contributed by atoms with van der Waals surface area (Å²) in [6, 6.07) is 3.18. The monoisotopic (exact) mass is 460 g/mol. The number of hydrogen-bond acceptors (Lipinski definition) is 6. The van der Waals surface area contributed by atoms with Gasteiger partial charge in [-0.2, -0.15) is 0 Å². The van der Waals surface area contributed by atoms with Gasteiger partial charge in [0.1, 0.15) is 22.8 Å². The molecule has 0 unspecified atom stereocenters. The second-order valence-corrected chi connectivity index (χ2v) is 8.31. The number of carboxylic acids is 1. The number of fused-ring (bicyclic) bond motifs is 1. The molecule has 172 valence electrons. The molecule has 2 saturated heterocycles. The Balaban J connectivity index is 1.73. The summed E-state index contributed by atoms with van der Waals surface area (Å²) in [5, 5.41) is 9.08. The number of pyridine rings is 2. The average molecular weight is 460 g/mol. The Labute approximate surface area is 185 Å². The maximum atomic E-state index is 15.1. The van der Waals surface area contributed by atoms with Crippen molar-refractivity contribution < 1.29 is 27.8 Å². The van der Waals surface area contributed by atoms with Crippen LogP contribution in [0.4, 0.5) is 19.0 Å². The van der Waals surface area contributed by atoms with Crippen LogP contribution in [-0.4, -0.2) is 52.0 Å². The molecule has 2 aliphatic rings. The van der Waals surface area contributed by atoms with E-state index in [9.17, 15) is 23.5 Å². The maximum absolute atomic E-state index is 15.1. The Morgan fingerprint density at radius 2 is 2.03 bits per heavy atom. The first-order valence-corrected chi connectivity index (χ1v) is 10.3. The number of carboxylic acid groups (broad SMARTS) is 1. The third-order valence-electron chi connectivity index (χ3n) is 6.30. The second-order valence-electron chi connectivity index (χ2n) is 8.31. The summed E-state index contributed by atoms with van der Waals surface area (Å²) in [6.45, 7) is 1.08. The highest BCUT2D eigenvalue weighted by Gasteiger charge is 2.48. The highest BCUT2D eigenvalue weighted by Crippen LogP contribution is 2.37. The molecule has 3 aromatic rings. The number of rotatable bonds is 3. The number of nitrogens with zero attached hydrogens (tertiary/aromatic N) is 3. The molecule has 5 rings (SSSR count). The fourth-order valence-electron chi connectivity index (χ4n) is 4.65. The van der Waals surface area contributed by atoms with Gasteiger partial charge in [-0.05, 0) is 31.0 Å². The molecule has 0 amide bonds. The van der Waals surface area contributed by atoms with E-state index in [1.54, 1.807) is 4.90 Å². The first-order valence-electron chi connectivity index (χ1n) is 10.3. The van der Waals surface area contributed by atoms with Crippen molar-refractivity contribution in [3.8, 4) is 5.69 Å². The zero-order chi connectivity index (χ0) is 23.5. The number of hydrogen-bond donors (Lipinski definition) is 2. The lowest BCUT2D eigenvalue weighted by molar-refractivity contribution is 0.0108. The molecule has 33 heavy (non-hydrogen) atoms. The topological polar surface area (TPSA) is 111 Å². The number of benzene rings is 1. The summed E-state index contributed by atoms with van der Waals surface area (Å²) in [4.78, 5) is 30.2. The predicted molar refractivity (Wildman–Crippen MR) is 112 cm³/mol. The van der Waals surface area contributed by atoms with Crippen molar-refractivity contribution in [1.29, 1.82) is 0 Å². The molecule has 3 N–H and O–H groups in total. The Hall–Kier alpha value is -3.44. The number of ether oxygens (including phenoxy) is 1. The van der Waals surface area contributed by atoms with Crippen LogP contribution in [0.15, 0.2) is 35.3 Å². The van der Waals surface area contributed by atoms with E-state index in [-0.39, 0.29) is 41.7 Å². The minimum Gasteiger partial charge on any atom is -0.477 e. The van der Waals surface area contributed by atoms with Crippen molar-refractivity contribution >= 4 is 22.8 Å². The Morgan fingerprint density at radius 1 is 1.24 bits per heavy atom. The molecule has 2 fully saturated rings. The van der Waals surface area contributed by atoms with Gasteiger partial charge in [-0.15, -0.1) is 0 Å². The van der Waals surface area contributed by atoms with E-state index >= 15 is 4.39 Å². The minimum atomic E-state index is -1.58. The van der Waals surface area contributed by atoms with E-state index in [1.807, 2.05) is 0 Å². The lowest BCUT2D eigenvalue weighted by Gasteiger charge is -2.26. The molecule has 0 bridgehead atoms. The predicted octanol–water partition coefficient (Wildman–Crippen LogP) is 2.20. The summed E-state index contributed by atoms with van der Waals surface area (Å²) in [6.07, 6.45) is 2.44. The zero-order valence-electron chi connectivity index (χ0n) is 17.2. The van der Waals surface area contributed by atoms with Crippen molar-refractivity contribution in [2.24, 2.45) is 5.73 Å². The van der Waals surface area contributed by atoms with E-state index in [1.165, 1.54) is 0 Å². The van der Waals surface area contributed by atoms with Gasteiger partial charge in [0.25, 0.3) is 0 Å². The van der Waals surface area contributed by atoms with Gasteiger partial charge in [-0.25, -0.2) is 22.9 Å². The summed E-state index contributed by atoms with van der Waals surface area (Å²) >= 11 is 0. The van der Waals surface area contributed by atoms with Crippen LogP contribution < -0.4 is 16.1 Å². The normalized spacial score (nSPS) is 22.5. The van der Waals surface area contributed by atoms with Crippen LogP contribution in [0.25, 0.3) is 16.7 Å². The molecule has 11 heteroatoms. The molecule has 2 atom stereocenters. The molecular formula is C22H19F3N4O4. The van der Waals surface area contributed by atoms with Crippen molar-refractivity contribution in [3.63, 3.8) is 0 Å². The summed E-state index contributed by atoms with van der Waals surface area (Å²) in [7, 11) is 0. The maximum Gasteiger partial charge on any atom is 0.341 e. The molecule has 2 aromatic heterocycles. The van der Waals surface area contributed by atoms with Crippen molar-refractivity contribution in [3.05, 3.63) is 63.7 Å². The third kappa shape index (κ3) is 3.35. The van der Waals surface area contributed by atoms with Gasteiger partial charge in [0, 0.05) is 25.4 Å². The Bertz CT molecular complexity index is 1350. The van der Waals surface area contributed by atoms with E-state index in [0.29, 0.717) is 19.1 Å². The molecule has 4 heterocycles. The van der Waals surface area contributed by atoms with Gasteiger partial charge in [-0.3, -0.25) is 9.36 Å². The number of nitrogens with two attached hydrogens (primary N) is 1. The fraction of sp³-hybridized carbons (Fsp3) is 0.318. The lowest BCUT2D eigenvalue weighted by Crippen LogP contribution is -2.46. The smallest absolute Gasteiger partial charge is 0.341 e. The zero-order valence-corrected chi connectivity index (χ0v) is 17.2. The summed E-state index contributed by atoms with van der Waals surface area (Å²) in [5.41, 5.74) is 3.55. The van der Waals surface area contributed by atoms with Gasteiger partial charge in [0.2, 0.25) is 5.43 Å². The van der Waals surface area contributed by atoms with Crippen LogP contribution >= 0.6 is 0 Å². The number of aromatic carboxylic acids is 1. The SMILES string of the molecule is N[C@@H]1CN(c2nc3c(cc2F)c(=O)c(C(=O)O)cn3-c2ccc(F)cc2F)C[C@]12CCCO2. The highest BCUT2D eigenvalue weighted by molar-refractivity contribution is 5.92. The molecule has 0 aliphatic carbocycles. The summed E-state index contributed by atoms with van der Waals surface area (Å²) in [5.74, 6) is -4.40. The van der Waals surface area contributed by atoms with Crippen LogP contribution in [0.3, 0.4) is 0 Å². The highest BCUT2D eigenvalue weighted by atomic mass is 19.1. The number of halogens is 3. The van der Waals surface area contributed by atoms with Crippen LogP contribution in [0.2, 0.25) is 0 Å². The molecular weight excluding hydrogens is 441 g/mol. The van der Waals surface area contributed by atoms with Crippen molar-refractivity contribution in [1.82, 2.24) is 9.55 Å². The van der Waals surface area contributed by atoms with Crippen LogP contribution in [-0.2, 0) is 4.74 Å². The Morgan fingerprint density at radius 3 is 2.70 bits per heavy atom.